The third-order valence-electron chi connectivity index (χ3n) is 1.68. The highest BCUT2D eigenvalue weighted by molar-refractivity contribution is 7.85. The molecule has 1 heterocycles. The molecule has 0 aliphatic rings. The lowest BCUT2D eigenvalue weighted by Crippen LogP contribution is -2.35. The van der Waals surface area contributed by atoms with E-state index in [1.807, 2.05) is 0 Å². The van der Waals surface area contributed by atoms with Crippen LogP contribution in [0.25, 0.3) is 0 Å². The summed E-state index contributed by atoms with van der Waals surface area (Å²) in [6.07, 6.45) is 2.01. The largest absolute Gasteiger partial charge is 0.748 e. The molecule has 0 aromatic carbocycles. The van der Waals surface area contributed by atoms with Crippen molar-refractivity contribution in [3.63, 3.8) is 0 Å². The Morgan fingerprint density at radius 1 is 1.43 bits per heavy atom. The van der Waals surface area contributed by atoms with Crippen LogP contribution in [0.2, 0.25) is 5.15 Å². The van der Waals surface area contributed by atoms with Crippen LogP contribution < -0.4 is 4.57 Å². The molecule has 4 nitrogen and oxygen atoms in total. The lowest BCUT2D eigenvalue weighted by Gasteiger charge is -2.04. The van der Waals surface area contributed by atoms with E-state index in [4.69, 9.17) is 11.6 Å². The zero-order valence-electron chi connectivity index (χ0n) is 7.39. The van der Waals surface area contributed by atoms with Gasteiger partial charge in [-0.3, -0.25) is 0 Å². The van der Waals surface area contributed by atoms with Crippen LogP contribution in [0.3, 0.4) is 0 Å². The SMILES string of the molecule is O=S(=O)([O-])CCC[n+]1ccccc1Cl. The van der Waals surface area contributed by atoms with Crippen molar-refractivity contribution in [3.8, 4) is 0 Å². The molecule has 0 radical (unpaired) electrons. The van der Waals surface area contributed by atoms with Crippen LogP contribution in [0.4, 0.5) is 0 Å². The topological polar surface area (TPSA) is 61.1 Å². The molecule has 0 saturated heterocycles. The summed E-state index contributed by atoms with van der Waals surface area (Å²) in [5.74, 6) is -0.356. The number of rotatable bonds is 4. The molecule has 6 heteroatoms. The molecule has 0 amide bonds. The van der Waals surface area contributed by atoms with E-state index in [0.29, 0.717) is 11.7 Å². The van der Waals surface area contributed by atoms with Crippen LogP contribution in [0.15, 0.2) is 24.4 Å². The van der Waals surface area contributed by atoms with Gasteiger partial charge in [0.15, 0.2) is 12.7 Å². The van der Waals surface area contributed by atoms with Crippen LogP contribution in [0.5, 0.6) is 0 Å². The van der Waals surface area contributed by atoms with Gasteiger partial charge < -0.3 is 4.55 Å². The summed E-state index contributed by atoms with van der Waals surface area (Å²) in [7, 11) is -4.11. The average molecular weight is 236 g/mol. The number of aryl methyl sites for hydroxylation is 1. The first-order valence-electron chi connectivity index (χ1n) is 4.06. The predicted molar refractivity (Wildman–Crippen MR) is 50.8 cm³/mol. The standard InChI is InChI=1S/C8H10ClNO3S/c9-8-4-1-2-5-10(8)6-3-7-14(11,12)13/h1-2,4-5H,3,6-7H2. The highest BCUT2D eigenvalue weighted by Gasteiger charge is 2.06. The second-order valence-electron chi connectivity index (χ2n) is 2.83. The minimum atomic E-state index is -4.11. The second-order valence-corrected chi connectivity index (χ2v) is 4.74. The van der Waals surface area contributed by atoms with E-state index in [-0.39, 0.29) is 12.2 Å². The lowest BCUT2D eigenvalue weighted by molar-refractivity contribution is -0.694. The molecule has 0 N–H and O–H groups in total. The molecular weight excluding hydrogens is 226 g/mol. The quantitative estimate of drug-likeness (QED) is 0.435. The molecule has 1 rings (SSSR count). The Morgan fingerprint density at radius 2 is 2.14 bits per heavy atom. The smallest absolute Gasteiger partial charge is 0.274 e. The van der Waals surface area contributed by atoms with E-state index in [0.717, 1.165) is 0 Å². The Bertz CT molecular complexity index is 405. The highest BCUT2D eigenvalue weighted by atomic mass is 35.5. The predicted octanol–water partition coefficient (Wildman–Crippen LogP) is 0.563. The van der Waals surface area contributed by atoms with Crippen molar-refractivity contribution in [1.29, 1.82) is 0 Å². The van der Waals surface area contributed by atoms with Crippen molar-refractivity contribution < 1.29 is 17.5 Å². The molecule has 0 bridgehead atoms. The zero-order chi connectivity index (χ0) is 10.6. The molecule has 0 aliphatic heterocycles. The Morgan fingerprint density at radius 3 is 2.71 bits per heavy atom. The minimum absolute atomic E-state index is 0.278. The molecule has 1 aromatic heterocycles. The normalized spacial score (nSPS) is 11.6. The molecule has 0 aliphatic carbocycles. The first-order valence-corrected chi connectivity index (χ1v) is 6.02. The molecule has 0 unspecified atom stereocenters. The summed E-state index contributed by atoms with van der Waals surface area (Å²) < 4.78 is 32.6. The molecular formula is C8H10ClNO3S. The number of aromatic nitrogens is 1. The molecule has 78 valence electrons. The van der Waals surface area contributed by atoms with E-state index in [9.17, 15) is 13.0 Å². The number of pyridine rings is 1. The molecule has 1 aromatic rings. The Kier molecular flexibility index (Phi) is 3.86. The molecule has 0 fully saturated rings. The number of halogens is 1. The van der Waals surface area contributed by atoms with Gasteiger partial charge >= 0.3 is 0 Å². The third kappa shape index (κ3) is 4.04. The maximum absolute atomic E-state index is 10.3. The van der Waals surface area contributed by atoms with Gasteiger partial charge in [0.1, 0.15) is 0 Å². The van der Waals surface area contributed by atoms with Crippen molar-refractivity contribution in [1.82, 2.24) is 0 Å². The van der Waals surface area contributed by atoms with Gasteiger partial charge in [0.25, 0.3) is 5.15 Å². The van der Waals surface area contributed by atoms with Gasteiger partial charge in [-0.25, -0.2) is 8.42 Å². The lowest BCUT2D eigenvalue weighted by atomic mass is 10.4. The second kappa shape index (κ2) is 4.72. The van der Waals surface area contributed by atoms with E-state index < -0.39 is 10.1 Å². The maximum Gasteiger partial charge on any atom is 0.274 e. The van der Waals surface area contributed by atoms with Crippen molar-refractivity contribution in [2.75, 3.05) is 5.75 Å². The van der Waals surface area contributed by atoms with Crippen LogP contribution in [0, 0.1) is 0 Å². The van der Waals surface area contributed by atoms with Gasteiger partial charge in [0.05, 0.1) is 10.1 Å². The van der Waals surface area contributed by atoms with Crippen molar-refractivity contribution >= 4 is 21.7 Å². The third-order valence-corrected chi connectivity index (χ3v) is 2.81. The van der Waals surface area contributed by atoms with Gasteiger partial charge in [0, 0.05) is 24.3 Å². The van der Waals surface area contributed by atoms with Crippen LogP contribution in [-0.4, -0.2) is 18.7 Å². The molecule has 0 saturated carbocycles. The highest BCUT2D eigenvalue weighted by Crippen LogP contribution is 1.99. The number of hydrogen-bond acceptors (Lipinski definition) is 3. The Balaban J connectivity index is 2.51. The fourth-order valence-electron chi connectivity index (χ4n) is 1.05. The Hall–Kier alpha value is -0.650. The molecule has 0 atom stereocenters. The van der Waals surface area contributed by atoms with Crippen molar-refractivity contribution in [2.45, 2.75) is 13.0 Å². The first-order chi connectivity index (χ1) is 6.49. The van der Waals surface area contributed by atoms with Crippen LogP contribution >= 0.6 is 11.6 Å². The fraction of sp³-hybridized carbons (Fsp3) is 0.375. The Labute approximate surface area is 87.9 Å². The maximum atomic E-state index is 10.3. The monoisotopic (exact) mass is 235 g/mol. The van der Waals surface area contributed by atoms with Gasteiger partial charge in [0.2, 0.25) is 0 Å². The van der Waals surface area contributed by atoms with Gasteiger partial charge in [-0.2, -0.15) is 4.57 Å². The summed E-state index contributed by atoms with van der Waals surface area (Å²) in [4.78, 5) is 0. The molecule has 14 heavy (non-hydrogen) atoms. The minimum Gasteiger partial charge on any atom is -0.748 e. The zero-order valence-corrected chi connectivity index (χ0v) is 8.96. The molecule has 0 spiro atoms. The van der Waals surface area contributed by atoms with E-state index >= 15 is 0 Å². The van der Waals surface area contributed by atoms with Crippen LogP contribution in [-0.2, 0) is 16.7 Å². The van der Waals surface area contributed by atoms with Crippen molar-refractivity contribution in [3.05, 3.63) is 29.5 Å². The fourth-order valence-corrected chi connectivity index (χ4v) is 1.74. The van der Waals surface area contributed by atoms with Crippen molar-refractivity contribution in [2.24, 2.45) is 0 Å². The summed E-state index contributed by atoms with van der Waals surface area (Å²) >= 11 is 5.81. The van der Waals surface area contributed by atoms with Crippen LogP contribution in [0.1, 0.15) is 6.42 Å². The average Bonchev–Trinajstić information content (AvgIpc) is 2.06. The summed E-state index contributed by atoms with van der Waals surface area (Å²) in [5.41, 5.74) is 0. The van der Waals surface area contributed by atoms with E-state index in [2.05, 4.69) is 0 Å². The van der Waals surface area contributed by atoms with Gasteiger partial charge in [-0.1, -0.05) is 0 Å². The summed E-state index contributed by atoms with van der Waals surface area (Å²) in [6.45, 7) is 0.432. The van der Waals surface area contributed by atoms with Gasteiger partial charge in [-0.15, -0.1) is 0 Å². The van der Waals surface area contributed by atoms with Gasteiger partial charge in [-0.05, 0) is 17.7 Å². The number of nitrogens with zero attached hydrogens (tertiary/aromatic N) is 1. The number of hydrogen-bond donors (Lipinski definition) is 0. The summed E-state index contributed by atoms with van der Waals surface area (Å²) in [6, 6.07) is 5.27. The van der Waals surface area contributed by atoms with E-state index in [1.165, 1.54) is 0 Å². The van der Waals surface area contributed by atoms with E-state index in [1.54, 1.807) is 29.0 Å². The first kappa shape index (κ1) is 11.4. The summed E-state index contributed by atoms with van der Waals surface area (Å²) in [5, 5.41) is 0.524.